The van der Waals surface area contributed by atoms with Gasteiger partial charge in [0, 0.05) is 19.6 Å². The molecule has 1 heterocycles. The summed E-state index contributed by atoms with van der Waals surface area (Å²) in [7, 11) is 1.68. The Morgan fingerprint density at radius 3 is 2.81 bits per heavy atom. The maximum absolute atomic E-state index is 9.90. The number of rotatable bonds is 4. The van der Waals surface area contributed by atoms with E-state index in [4.69, 9.17) is 4.74 Å². The van der Waals surface area contributed by atoms with Crippen LogP contribution in [-0.2, 0) is 6.54 Å². The van der Waals surface area contributed by atoms with Gasteiger partial charge in [-0.3, -0.25) is 4.90 Å². The molecule has 1 aliphatic rings. The van der Waals surface area contributed by atoms with Crippen molar-refractivity contribution in [2.75, 3.05) is 20.2 Å². The second kappa shape index (κ2) is 4.44. The van der Waals surface area contributed by atoms with Crippen LogP contribution in [0, 0.1) is 0 Å². The van der Waals surface area contributed by atoms with Crippen molar-refractivity contribution in [2.45, 2.75) is 25.5 Å². The van der Waals surface area contributed by atoms with E-state index in [1.54, 1.807) is 7.11 Å². The van der Waals surface area contributed by atoms with Crippen LogP contribution in [0.3, 0.4) is 0 Å². The predicted octanol–water partition coefficient (Wildman–Crippen LogP) is 1.65. The Labute approximate surface area is 96.6 Å². The average molecular weight is 221 g/mol. The zero-order valence-electron chi connectivity index (χ0n) is 9.94. The average Bonchev–Trinajstić information content (AvgIpc) is 2.27. The summed E-state index contributed by atoms with van der Waals surface area (Å²) >= 11 is 0. The maximum Gasteiger partial charge on any atom is 0.119 e. The van der Waals surface area contributed by atoms with E-state index in [1.807, 2.05) is 25.1 Å². The highest BCUT2D eigenvalue weighted by Gasteiger charge is 2.38. The number of methoxy groups -OCH3 is 1. The Balaban J connectivity index is 1.91. The highest BCUT2D eigenvalue weighted by molar-refractivity contribution is 5.28. The van der Waals surface area contributed by atoms with Crippen LogP contribution in [0.2, 0.25) is 0 Å². The molecule has 0 aliphatic carbocycles. The lowest BCUT2D eigenvalue weighted by molar-refractivity contribution is -0.103. The highest BCUT2D eigenvalue weighted by Crippen LogP contribution is 2.26. The normalized spacial score (nSPS) is 19.2. The van der Waals surface area contributed by atoms with E-state index in [-0.39, 0.29) is 0 Å². The van der Waals surface area contributed by atoms with Crippen LogP contribution in [0.4, 0.5) is 0 Å². The fraction of sp³-hybridized carbons (Fsp3) is 0.538. The van der Waals surface area contributed by atoms with Gasteiger partial charge in [0.05, 0.1) is 12.7 Å². The molecule has 0 amide bonds. The van der Waals surface area contributed by atoms with Crippen LogP contribution in [0.15, 0.2) is 24.3 Å². The first-order chi connectivity index (χ1) is 7.65. The number of benzene rings is 1. The zero-order chi connectivity index (χ0) is 11.6. The standard InChI is InChI=1S/C13H19NO2/c1-3-13(15)9-14(10-13)8-11-5-4-6-12(7-11)16-2/h4-7,15H,3,8-10H2,1-2H3. The molecule has 1 aromatic carbocycles. The summed E-state index contributed by atoms with van der Waals surface area (Å²) in [5.41, 5.74) is 0.788. The molecule has 0 bridgehead atoms. The van der Waals surface area contributed by atoms with Crippen molar-refractivity contribution in [2.24, 2.45) is 0 Å². The van der Waals surface area contributed by atoms with Gasteiger partial charge in [0.1, 0.15) is 5.75 Å². The fourth-order valence-electron chi connectivity index (χ4n) is 2.15. The van der Waals surface area contributed by atoms with Crippen molar-refractivity contribution in [3.63, 3.8) is 0 Å². The van der Waals surface area contributed by atoms with Crippen LogP contribution in [0.5, 0.6) is 5.75 Å². The van der Waals surface area contributed by atoms with Gasteiger partial charge in [-0.25, -0.2) is 0 Å². The molecular weight excluding hydrogens is 202 g/mol. The zero-order valence-corrected chi connectivity index (χ0v) is 9.94. The number of likely N-dealkylation sites (tertiary alicyclic amines) is 1. The number of β-amino-alcohol motifs (C(OH)–C–C–N with tert-alkyl or cyclic N) is 1. The molecule has 0 saturated carbocycles. The van der Waals surface area contributed by atoms with Crippen molar-refractivity contribution in [3.8, 4) is 5.75 Å². The summed E-state index contributed by atoms with van der Waals surface area (Å²) in [4.78, 5) is 2.25. The first-order valence-corrected chi connectivity index (χ1v) is 5.73. The molecule has 16 heavy (non-hydrogen) atoms. The van der Waals surface area contributed by atoms with Crippen LogP contribution < -0.4 is 4.74 Å². The van der Waals surface area contributed by atoms with Crippen LogP contribution >= 0.6 is 0 Å². The smallest absolute Gasteiger partial charge is 0.119 e. The quantitative estimate of drug-likeness (QED) is 0.839. The third-order valence-corrected chi connectivity index (χ3v) is 3.23. The fourth-order valence-corrected chi connectivity index (χ4v) is 2.15. The molecule has 1 aliphatic heterocycles. The number of nitrogens with zero attached hydrogens (tertiary/aromatic N) is 1. The molecule has 1 aromatic rings. The first-order valence-electron chi connectivity index (χ1n) is 5.73. The molecule has 3 heteroatoms. The minimum atomic E-state index is -0.446. The molecule has 3 nitrogen and oxygen atoms in total. The molecule has 1 N–H and O–H groups in total. The van der Waals surface area contributed by atoms with Gasteiger partial charge in [0.15, 0.2) is 0 Å². The second-order valence-corrected chi connectivity index (χ2v) is 4.57. The summed E-state index contributed by atoms with van der Waals surface area (Å²) < 4.78 is 5.18. The Bertz CT molecular complexity index is 359. The number of ether oxygens (including phenoxy) is 1. The van der Waals surface area contributed by atoms with E-state index in [0.29, 0.717) is 0 Å². The Morgan fingerprint density at radius 2 is 2.19 bits per heavy atom. The van der Waals surface area contributed by atoms with Gasteiger partial charge in [-0.1, -0.05) is 19.1 Å². The van der Waals surface area contributed by atoms with Gasteiger partial charge in [0.25, 0.3) is 0 Å². The minimum absolute atomic E-state index is 0.446. The van der Waals surface area contributed by atoms with E-state index in [1.165, 1.54) is 5.56 Å². The van der Waals surface area contributed by atoms with Gasteiger partial charge >= 0.3 is 0 Å². The molecule has 0 atom stereocenters. The summed E-state index contributed by atoms with van der Waals surface area (Å²) in [6.45, 7) is 4.48. The van der Waals surface area contributed by atoms with Crippen LogP contribution in [0.25, 0.3) is 0 Å². The molecule has 0 unspecified atom stereocenters. The van der Waals surface area contributed by atoms with E-state index < -0.39 is 5.60 Å². The molecule has 0 radical (unpaired) electrons. The largest absolute Gasteiger partial charge is 0.497 e. The van der Waals surface area contributed by atoms with Gasteiger partial charge < -0.3 is 9.84 Å². The van der Waals surface area contributed by atoms with Gasteiger partial charge in [-0.05, 0) is 24.1 Å². The molecule has 0 spiro atoms. The molecule has 1 saturated heterocycles. The lowest BCUT2D eigenvalue weighted by atomic mass is 9.91. The molecule has 88 valence electrons. The summed E-state index contributed by atoms with van der Waals surface area (Å²) in [6.07, 6.45) is 0.835. The predicted molar refractivity (Wildman–Crippen MR) is 63.5 cm³/mol. The molecule has 2 rings (SSSR count). The van der Waals surface area contributed by atoms with Crippen molar-refractivity contribution in [1.29, 1.82) is 0 Å². The highest BCUT2D eigenvalue weighted by atomic mass is 16.5. The molecule has 0 aromatic heterocycles. The Kier molecular flexibility index (Phi) is 3.17. The molecular formula is C13H19NO2. The Morgan fingerprint density at radius 1 is 1.44 bits per heavy atom. The topological polar surface area (TPSA) is 32.7 Å². The van der Waals surface area contributed by atoms with Crippen molar-refractivity contribution >= 4 is 0 Å². The summed E-state index contributed by atoms with van der Waals surface area (Å²) in [6, 6.07) is 8.08. The van der Waals surface area contributed by atoms with E-state index in [0.717, 1.165) is 31.8 Å². The van der Waals surface area contributed by atoms with Crippen LogP contribution in [-0.4, -0.2) is 35.8 Å². The number of hydrogen-bond donors (Lipinski definition) is 1. The lowest BCUT2D eigenvalue weighted by Gasteiger charge is -2.46. The summed E-state index contributed by atoms with van der Waals surface area (Å²) in [5, 5.41) is 9.90. The lowest BCUT2D eigenvalue weighted by Crippen LogP contribution is -2.60. The van der Waals surface area contributed by atoms with Gasteiger partial charge in [-0.2, -0.15) is 0 Å². The third kappa shape index (κ3) is 2.36. The maximum atomic E-state index is 9.90. The third-order valence-electron chi connectivity index (χ3n) is 3.23. The number of hydrogen-bond acceptors (Lipinski definition) is 3. The first kappa shape index (κ1) is 11.4. The monoisotopic (exact) mass is 221 g/mol. The van der Waals surface area contributed by atoms with Gasteiger partial charge in [0.2, 0.25) is 0 Å². The van der Waals surface area contributed by atoms with Crippen molar-refractivity contribution in [3.05, 3.63) is 29.8 Å². The summed E-state index contributed by atoms with van der Waals surface area (Å²) in [5.74, 6) is 0.892. The van der Waals surface area contributed by atoms with E-state index >= 15 is 0 Å². The van der Waals surface area contributed by atoms with E-state index in [9.17, 15) is 5.11 Å². The van der Waals surface area contributed by atoms with E-state index in [2.05, 4.69) is 11.0 Å². The second-order valence-electron chi connectivity index (χ2n) is 4.57. The minimum Gasteiger partial charge on any atom is -0.497 e. The molecule has 1 fully saturated rings. The Hall–Kier alpha value is -1.06. The SMILES string of the molecule is CCC1(O)CN(Cc2cccc(OC)c2)C1. The van der Waals surface area contributed by atoms with Gasteiger partial charge in [-0.15, -0.1) is 0 Å². The van der Waals surface area contributed by atoms with Crippen LogP contribution in [0.1, 0.15) is 18.9 Å². The number of aliphatic hydroxyl groups is 1. The van der Waals surface area contributed by atoms with Crippen molar-refractivity contribution < 1.29 is 9.84 Å². The van der Waals surface area contributed by atoms with Crippen molar-refractivity contribution in [1.82, 2.24) is 4.90 Å².